The molecular formula is C15H22. The number of benzene rings is 1. The molecule has 0 atom stereocenters. The highest BCUT2D eigenvalue weighted by Gasteiger charge is 1.95. The van der Waals surface area contributed by atoms with E-state index in [1.807, 2.05) is 20.8 Å². The Labute approximate surface area is 94.3 Å². The highest BCUT2D eigenvalue weighted by molar-refractivity contribution is 5.67. The van der Waals surface area contributed by atoms with Crippen molar-refractivity contribution in [3.05, 3.63) is 48.0 Å². The van der Waals surface area contributed by atoms with Crippen LogP contribution in [0.15, 0.2) is 36.9 Å². The standard InChI is InChI=1S/C13H16.C2H6/c1-5-11(4)13-8-6-12(7-9-13)10(2)3;1-2/h5-9H,2H2,1,3-4H3;1-2H3/b11-5+;. The lowest BCUT2D eigenvalue weighted by molar-refractivity contribution is 1.50. The van der Waals surface area contributed by atoms with Gasteiger partial charge in [-0.1, -0.05) is 56.3 Å². The van der Waals surface area contributed by atoms with Crippen LogP contribution >= 0.6 is 0 Å². The number of hydrogen-bond donors (Lipinski definition) is 0. The maximum Gasteiger partial charge on any atom is -0.0230 e. The summed E-state index contributed by atoms with van der Waals surface area (Å²) < 4.78 is 0. The largest absolute Gasteiger partial charge is 0.0955 e. The highest BCUT2D eigenvalue weighted by atomic mass is 14.0. The van der Waals surface area contributed by atoms with Crippen LogP contribution in [0.25, 0.3) is 11.1 Å². The number of rotatable bonds is 2. The third-order valence-corrected chi connectivity index (χ3v) is 2.27. The molecule has 1 rings (SSSR count). The predicted molar refractivity (Wildman–Crippen MR) is 71.8 cm³/mol. The van der Waals surface area contributed by atoms with Crippen molar-refractivity contribution in [3.8, 4) is 0 Å². The highest BCUT2D eigenvalue weighted by Crippen LogP contribution is 2.17. The average Bonchev–Trinajstić information content (AvgIpc) is 2.31. The van der Waals surface area contributed by atoms with Crippen molar-refractivity contribution >= 4 is 11.1 Å². The summed E-state index contributed by atoms with van der Waals surface area (Å²) >= 11 is 0. The van der Waals surface area contributed by atoms with Crippen molar-refractivity contribution in [2.45, 2.75) is 34.6 Å². The Morgan fingerprint density at radius 1 is 1.00 bits per heavy atom. The van der Waals surface area contributed by atoms with E-state index in [-0.39, 0.29) is 0 Å². The van der Waals surface area contributed by atoms with Crippen molar-refractivity contribution < 1.29 is 0 Å². The molecule has 0 heterocycles. The molecule has 0 bridgehead atoms. The van der Waals surface area contributed by atoms with Crippen LogP contribution in [0.3, 0.4) is 0 Å². The molecule has 0 N–H and O–H groups in total. The van der Waals surface area contributed by atoms with Gasteiger partial charge in [0.25, 0.3) is 0 Å². The lowest BCUT2D eigenvalue weighted by Gasteiger charge is -2.03. The molecule has 0 aromatic heterocycles. The first-order chi connectivity index (χ1) is 7.15. The average molecular weight is 202 g/mol. The first kappa shape index (κ1) is 13.7. The van der Waals surface area contributed by atoms with Gasteiger partial charge in [-0.2, -0.15) is 0 Å². The molecule has 0 spiro atoms. The van der Waals surface area contributed by atoms with Crippen LogP contribution in [0.1, 0.15) is 45.7 Å². The quantitative estimate of drug-likeness (QED) is 0.620. The minimum atomic E-state index is 1.12. The molecule has 0 saturated heterocycles. The Bertz CT molecular complexity index is 326. The van der Waals surface area contributed by atoms with Crippen molar-refractivity contribution in [2.75, 3.05) is 0 Å². The Morgan fingerprint density at radius 3 is 1.73 bits per heavy atom. The van der Waals surface area contributed by atoms with Gasteiger partial charge in [0.05, 0.1) is 0 Å². The van der Waals surface area contributed by atoms with Gasteiger partial charge in [-0.05, 0) is 37.5 Å². The van der Waals surface area contributed by atoms with Gasteiger partial charge in [0.15, 0.2) is 0 Å². The third kappa shape index (κ3) is 4.16. The zero-order valence-corrected chi connectivity index (χ0v) is 10.6. The van der Waals surface area contributed by atoms with Crippen molar-refractivity contribution in [1.29, 1.82) is 0 Å². The molecule has 82 valence electrons. The molecule has 1 aromatic rings. The van der Waals surface area contributed by atoms with E-state index >= 15 is 0 Å². The predicted octanol–water partition coefficient (Wildman–Crippen LogP) is 5.17. The maximum atomic E-state index is 3.91. The molecule has 0 aliphatic rings. The monoisotopic (exact) mass is 202 g/mol. The third-order valence-electron chi connectivity index (χ3n) is 2.27. The van der Waals surface area contributed by atoms with Crippen LogP contribution in [0.2, 0.25) is 0 Å². The molecule has 1 aromatic carbocycles. The van der Waals surface area contributed by atoms with Gasteiger partial charge in [0.2, 0.25) is 0 Å². The Hall–Kier alpha value is -1.30. The molecule has 0 saturated carbocycles. The van der Waals surface area contributed by atoms with Crippen LogP contribution in [-0.2, 0) is 0 Å². The molecule has 0 aliphatic carbocycles. The first-order valence-corrected chi connectivity index (χ1v) is 5.54. The molecule has 0 unspecified atom stereocenters. The summed E-state index contributed by atoms with van der Waals surface area (Å²) in [4.78, 5) is 0. The zero-order valence-electron chi connectivity index (χ0n) is 10.6. The zero-order chi connectivity index (χ0) is 11.8. The minimum absolute atomic E-state index is 1.12. The normalized spacial score (nSPS) is 10.3. The second kappa shape index (κ2) is 7.05. The Kier molecular flexibility index (Phi) is 6.44. The van der Waals surface area contributed by atoms with Crippen LogP contribution in [0.5, 0.6) is 0 Å². The summed E-state index contributed by atoms with van der Waals surface area (Å²) in [5, 5.41) is 0. The molecule has 0 amide bonds. The fourth-order valence-corrected chi connectivity index (χ4v) is 1.18. The molecule has 0 aliphatic heterocycles. The van der Waals surface area contributed by atoms with E-state index < -0.39 is 0 Å². The van der Waals surface area contributed by atoms with Crippen molar-refractivity contribution in [1.82, 2.24) is 0 Å². The van der Waals surface area contributed by atoms with E-state index in [2.05, 4.69) is 50.8 Å². The van der Waals surface area contributed by atoms with Gasteiger partial charge >= 0.3 is 0 Å². The SMILES string of the molecule is C=C(C)c1ccc(/C(C)=C/C)cc1.CC. The van der Waals surface area contributed by atoms with Gasteiger partial charge in [0, 0.05) is 0 Å². The van der Waals surface area contributed by atoms with Crippen molar-refractivity contribution in [3.63, 3.8) is 0 Å². The second-order valence-electron chi connectivity index (χ2n) is 3.33. The lowest BCUT2D eigenvalue weighted by Crippen LogP contribution is -1.81. The second-order valence-corrected chi connectivity index (χ2v) is 3.33. The van der Waals surface area contributed by atoms with E-state index in [1.165, 1.54) is 16.7 Å². The maximum absolute atomic E-state index is 3.91. The molecular weight excluding hydrogens is 180 g/mol. The van der Waals surface area contributed by atoms with Crippen molar-refractivity contribution in [2.24, 2.45) is 0 Å². The summed E-state index contributed by atoms with van der Waals surface area (Å²) in [7, 11) is 0. The minimum Gasteiger partial charge on any atom is -0.0955 e. The molecule has 0 fully saturated rings. The fourth-order valence-electron chi connectivity index (χ4n) is 1.18. The molecule has 15 heavy (non-hydrogen) atoms. The van der Waals surface area contributed by atoms with Gasteiger partial charge in [0.1, 0.15) is 0 Å². The lowest BCUT2D eigenvalue weighted by atomic mass is 10.0. The Morgan fingerprint density at radius 2 is 1.40 bits per heavy atom. The van der Waals surface area contributed by atoms with Gasteiger partial charge in [-0.25, -0.2) is 0 Å². The first-order valence-electron chi connectivity index (χ1n) is 5.54. The van der Waals surface area contributed by atoms with Gasteiger partial charge < -0.3 is 0 Å². The summed E-state index contributed by atoms with van der Waals surface area (Å²) in [6, 6.07) is 8.51. The van der Waals surface area contributed by atoms with Crippen LogP contribution in [0, 0.1) is 0 Å². The van der Waals surface area contributed by atoms with Crippen LogP contribution < -0.4 is 0 Å². The van der Waals surface area contributed by atoms with Crippen LogP contribution in [-0.4, -0.2) is 0 Å². The molecule has 0 heteroatoms. The van der Waals surface area contributed by atoms with E-state index in [4.69, 9.17) is 0 Å². The molecule has 0 radical (unpaired) electrons. The van der Waals surface area contributed by atoms with Gasteiger partial charge in [-0.3, -0.25) is 0 Å². The topological polar surface area (TPSA) is 0 Å². The fraction of sp³-hybridized carbons (Fsp3) is 0.333. The van der Waals surface area contributed by atoms with Gasteiger partial charge in [-0.15, -0.1) is 0 Å². The van der Waals surface area contributed by atoms with E-state index in [9.17, 15) is 0 Å². The summed E-state index contributed by atoms with van der Waals surface area (Å²) in [6.45, 7) is 14.1. The van der Waals surface area contributed by atoms with E-state index in [0.717, 1.165) is 5.57 Å². The summed E-state index contributed by atoms with van der Waals surface area (Å²) in [6.07, 6.45) is 2.12. The smallest absolute Gasteiger partial charge is 0.0230 e. The summed E-state index contributed by atoms with van der Waals surface area (Å²) in [5.41, 5.74) is 4.93. The summed E-state index contributed by atoms with van der Waals surface area (Å²) in [5.74, 6) is 0. The molecule has 0 nitrogen and oxygen atoms in total. The van der Waals surface area contributed by atoms with E-state index in [1.54, 1.807) is 0 Å². The number of hydrogen-bond acceptors (Lipinski definition) is 0. The Balaban J connectivity index is 0.000000921. The van der Waals surface area contributed by atoms with E-state index in [0.29, 0.717) is 0 Å². The van der Waals surface area contributed by atoms with Crippen LogP contribution in [0.4, 0.5) is 0 Å². The number of allylic oxidation sites excluding steroid dienone is 3.